The zero-order valence-corrected chi connectivity index (χ0v) is 14.4. The maximum absolute atomic E-state index is 10.3. The average molecular weight is 356 g/mol. The van der Waals surface area contributed by atoms with Crippen molar-refractivity contribution in [2.75, 3.05) is 26.2 Å². The first-order valence-electron chi connectivity index (χ1n) is 7.96. The summed E-state index contributed by atoms with van der Waals surface area (Å²) in [5.74, 6) is 0. The second-order valence-corrected chi connectivity index (χ2v) is 6.71. The quantitative estimate of drug-likeness (QED) is 0.807. The van der Waals surface area contributed by atoms with Crippen molar-refractivity contribution in [1.29, 1.82) is 0 Å². The Labute approximate surface area is 136 Å². The standard InChI is InChI=1S/C17H26BrNO2/c1-2-11-21-16-7-4-9-19(13-16)10-8-17(20)14-5-3-6-15(18)12-14/h3,5-6,12,16-17,20H,2,4,7-11,13H2,1H3. The Balaban J connectivity index is 1.76. The molecule has 0 amide bonds. The molecular formula is C17H26BrNO2. The van der Waals surface area contributed by atoms with E-state index in [9.17, 15) is 5.11 Å². The minimum Gasteiger partial charge on any atom is -0.388 e. The van der Waals surface area contributed by atoms with Crippen molar-refractivity contribution in [1.82, 2.24) is 4.90 Å². The zero-order valence-electron chi connectivity index (χ0n) is 12.8. The molecule has 0 saturated carbocycles. The van der Waals surface area contributed by atoms with Gasteiger partial charge in [0.05, 0.1) is 12.2 Å². The van der Waals surface area contributed by atoms with Crippen LogP contribution >= 0.6 is 15.9 Å². The van der Waals surface area contributed by atoms with E-state index in [0.29, 0.717) is 6.10 Å². The number of halogens is 1. The normalized spacial score (nSPS) is 21.4. The van der Waals surface area contributed by atoms with Gasteiger partial charge in [-0.15, -0.1) is 0 Å². The molecule has 1 aliphatic heterocycles. The van der Waals surface area contributed by atoms with E-state index < -0.39 is 0 Å². The molecule has 2 atom stereocenters. The maximum Gasteiger partial charge on any atom is 0.0802 e. The number of hydrogen-bond donors (Lipinski definition) is 1. The van der Waals surface area contributed by atoms with E-state index in [-0.39, 0.29) is 6.10 Å². The lowest BCUT2D eigenvalue weighted by atomic mass is 10.0. The van der Waals surface area contributed by atoms with Gasteiger partial charge in [0.1, 0.15) is 0 Å². The molecule has 1 fully saturated rings. The van der Waals surface area contributed by atoms with Gasteiger partial charge in [0.15, 0.2) is 0 Å². The zero-order chi connectivity index (χ0) is 15.1. The van der Waals surface area contributed by atoms with Gasteiger partial charge in [-0.05, 0) is 49.9 Å². The van der Waals surface area contributed by atoms with Crippen molar-refractivity contribution >= 4 is 15.9 Å². The number of aliphatic hydroxyl groups excluding tert-OH is 1. The van der Waals surface area contributed by atoms with Crippen molar-refractivity contribution in [2.45, 2.75) is 44.8 Å². The van der Waals surface area contributed by atoms with Crippen LogP contribution in [0, 0.1) is 0 Å². The van der Waals surface area contributed by atoms with Crippen molar-refractivity contribution in [2.24, 2.45) is 0 Å². The molecule has 1 heterocycles. The second kappa shape index (κ2) is 8.89. The minimum absolute atomic E-state index is 0.377. The third kappa shape index (κ3) is 5.70. The Morgan fingerprint density at radius 1 is 1.48 bits per heavy atom. The lowest BCUT2D eigenvalue weighted by molar-refractivity contribution is -0.00347. The summed E-state index contributed by atoms with van der Waals surface area (Å²) in [7, 11) is 0. The summed E-state index contributed by atoms with van der Waals surface area (Å²) in [5, 5.41) is 10.3. The van der Waals surface area contributed by atoms with E-state index in [1.807, 2.05) is 24.3 Å². The molecule has 1 saturated heterocycles. The van der Waals surface area contributed by atoms with Crippen LogP contribution in [-0.4, -0.2) is 42.4 Å². The number of benzene rings is 1. The third-order valence-corrected chi connectivity index (χ3v) is 4.47. The minimum atomic E-state index is -0.389. The van der Waals surface area contributed by atoms with Gasteiger partial charge in [0, 0.05) is 24.2 Å². The van der Waals surface area contributed by atoms with Crippen LogP contribution in [0.15, 0.2) is 28.7 Å². The topological polar surface area (TPSA) is 32.7 Å². The summed E-state index contributed by atoms with van der Waals surface area (Å²) in [6.45, 7) is 6.07. The van der Waals surface area contributed by atoms with Crippen LogP contribution in [0.2, 0.25) is 0 Å². The maximum atomic E-state index is 10.3. The fraction of sp³-hybridized carbons (Fsp3) is 0.647. The number of ether oxygens (including phenoxy) is 1. The highest BCUT2D eigenvalue weighted by Crippen LogP contribution is 2.22. The number of likely N-dealkylation sites (tertiary alicyclic amines) is 1. The monoisotopic (exact) mass is 355 g/mol. The molecule has 1 aliphatic rings. The Hall–Kier alpha value is -0.420. The van der Waals surface area contributed by atoms with E-state index in [0.717, 1.165) is 49.1 Å². The van der Waals surface area contributed by atoms with E-state index in [1.165, 1.54) is 12.8 Å². The predicted molar refractivity (Wildman–Crippen MR) is 89.4 cm³/mol. The summed E-state index contributed by atoms with van der Waals surface area (Å²) >= 11 is 3.45. The lowest BCUT2D eigenvalue weighted by Crippen LogP contribution is -2.40. The van der Waals surface area contributed by atoms with Crippen molar-refractivity contribution in [3.05, 3.63) is 34.3 Å². The highest BCUT2D eigenvalue weighted by Gasteiger charge is 2.20. The highest BCUT2D eigenvalue weighted by atomic mass is 79.9. The van der Waals surface area contributed by atoms with Crippen LogP contribution in [0.1, 0.15) is 44.3 Å². The Morgan fingerprint density at radius 2 is 2.33 bits per heavy atom. The second-order valence-electron chi connectivity index (χ2n) is 5.80. The van der Waals surface area contributed by atoms with Crippen molar-refractivity contribution in [3.63, 3.8) is 0 Å². The van der Waals surface area contributed by atoms with Crippen molar-refractivity contribution < 1.29 is 9.84 Å². The molecule has 118 valence electrons. The van der Waals surface area contributed by atoms with E-state index in [2.05, 4.69) is 27.8 Å². The molecule has 2 unspecified atom stereocenters. The van der Waals surface area contributed by atoms with Gasteiger partial charge in [0.2, 0.25) is 0 Å². The van der Waals surface area contributed by atoms with Gasteiger partial charge in [-0.3, -0.25) is 0 Å². The Morgan fingerprint density at radius 3 is 3.10 bits per heavy atom. The fourth-order valence-corrected chi connectivity index (χ4v) is 3.24. The van der Waals surface area contributed by atoms with Gasteiger partial charge >= 0.3 is 0 Å². The van der Waals surface area contributed by atoms with Crippen LogP contribution < -0.4 is 0 Å². The largest absolute Gasteiger partial charge is 0.388 e. The van der Waals surface area contributed by atoms with Crippen LogP contribution in [0.25, 0.3) is 0 Å². The molecule has 0 aliphatic carbocycles. The summed E-state index contributed by atoms with van der Waals surface area (Å²) in [5.41, 5.74) is 0.986. The summed E-state index contributed by atoms with van der Waals surface area (Å²) < 4.78 is 6.88. The molecule has 0 radical (unpaired) electrons. The van der Waals surface area contributed by atoms with Crippen LogP contribution in [0.3, 0.4) is 0 Å². The highest BCUT2D eigenvalue weighted by molar-refractivity contribution is 9.10. The number of aliphatic hydroxyl groups is 1. The molecule has 0 spiro atoms. The Bertz CT molecular complexity index is 427. The number of hydrogen-bond acceptors (Lipinski definition) is 3. The SMILES string of the molecule is CCCOC1CCCN(CCC(O)c2cccc(Br)c2)C1. The molecule has 0 aromatic heterocycles. The molecule has 3 nitrogen and oxygen atoms in total. The van der Waals surface area contributed by atoms with Gasteiger partial charge < -0.3 is 14.7 Å². The van der Waals surface area contributed by atoms with Gasteiger partial charge in [-0.1, -0.05) is 35.0 Å². The molecule has 21 heavy (non-hydrogen) atoms. The van der Waals surface area contributed by atoms with Crippen molar-refractivity contribution in [3.8, 4) is 0 Å². The van der Waals surface area contributed by atoms with Gasteiger partial charge in [-0.25, -0.2) is 0 Å². The molecule has 1 N–H and O–H groups in total. The molecule has 4 heteroatoms. The van der Waals surface area contributed by atoms with Gasteiger partial charge in [0.25, 0.3) is 0 Å². The lowest BCUT2D eigenvalue weighted by Gasteiger charge is -2.33. The van der Waals surface area contributed by atoms with E-state index in [1.54, 1.807) is 0 Å². The molecule has 1 aromatic carbocycles. The molecule has 2 rings (SSSR count). The summed E-state index contributed by atoms with van der Waals surface area (Å²) in [6, 6.07) is 7.93. The molecule has 1 aromatic rings. The smallest absolute Gasteiger partial charge is 0.0802 e. The predicted octanol–water partition coefficient (Wildman–Crippen LogP) is 3.76. The first-order chi connectivity index (χ1) is 10.2. The first kappa shape index (κ1) is 16.9. The summed E-state index contributed by atoms with van der Waals surface area (Å²) in [6.07, 6.45) is 4.21. The third-order valence-electron chi connectivity index (χ3n) is 3.97. The van der Waals surface area contributed by atoms with Crippen LogP contribution in [-0.2, 0) is 4.74 Å². The fourth-order valence-electron chi connectivity index (χ4n) is 2.82. The summed E-state index contributed by atoms with van der Waals surface area (Å²) in [4.78, 5) is 2.42. The Kier molecular flexibility index (Phi) is 7.17. The van der Waals surface area contributed by atoms with E-state index in [4.69, 9.17) is 4.74 Å². The van der Waals surface area contributed by atoms with E-state index >= 15 is 0 Å². The first-order valence-corrected chi connectivity index (χ1v) is 8.76. The molecular weight excluding hydrogens is 330 g/mol. The van der Waals surface area contributed by atoms with Crippen LogP contribution in [0.5, 0.6) is 0 Å². The number of piperidine rings is 1. The van der Waals surface area contributed by atoms with Crippen LogP contribution in [0.4, 0.5) is 0 Å². The van der Waals surface area contributed by atoms with Gasteiger partial charge in [-0.2, -0.15) is 0 Å². The molecule has 0 bridgehead atoms. The number of nitrogens with zero attached hydrogens (tertiary/aromatic N) is 1. The number of rotatable bonds is 7. The average Bonchev–Trinajstić information content (AvgIpc) is 2.51.